The van der Waals surface area contributed by atoms with Crippen LogP contribution in [-0.4, -0.2) is 46.8 Å². The van der Waals surface area contributed by atoms with E-state index < -0.39 is 28.4 Å². The van der Waals surface area contributed by atoms with Gasteiger partial charge < -0.3 is 9.47 Å². The van der Waals surface area contributed by atoms with Crippen LogP contribution in [0.2, 0.25) is 5.02 Å². The molecule has 0 aliphatic rings. The van der Waals surface area contributed by atoms with Crippen molar-refractivity contribution in [3.8, 4) is 5.75 Å². The smallest absolute Gasteiger partial charge is 0.343 e. The number of esters is 1. The third-order valence-electron chi connectivity index (χ3n) is 4.90. The van der Waals surface area contributed by atoms with Gasteiger partial charge in [0.1, 0.15) is 12.3 Å². The van der Waals surface area contributed by atoms with Gasteiger partial charge in [-0.2, -0.15) is 5.10 Å². The predicted octanol–water partition coefficient (Wildman–Crippen LogP) is 3.55. The quantitative estimate of drug-likeness (QED) is 0.244. The molecule has 3 rings (SSSR count). The van der Waals surface area contributed by atoms with Gasteiger partial charge >= 0.3 is 5.97 Å². The van der Waals surface area contributed by atoms with Crippen LogP contribution in [0.25, 0.3) is 0 Å². The van der Waals surface area contributed by atoms with E-state index in [1.54, 1.807) is 61.5 Å². The summed E-state index contributed by atoms with van der Waals surface area (Å²) in [6.07, 6.45) is 1.36. The van der Waals surface area contributed by atoms with Crippen molar-refractivity contribution < 1.29 is 27.5 Å². The molecule has 0 radical (unpaired) electrons. The molecule has 0 spiro atoms. The van der Waals surface area contributed by atoms with E-state index in [9.17, 15) is 18.0 Å². The Morgan fingerprint density at radius 2 is 1.81 bits per heavy atom. The van der Waals surface area contributed by atoms with Gasteiger partial charge in [-0.25, -0.2) is 18.6 Å². The molecule has 0 fully saturated rings. The Kier molecular flexibility index (Phi) is 9.04. The number of hydrazone groups is 1. The minimum atomic E-state index is -4.08. The van der Waals surface area contributed by atoms with E-state index >= 15 is 0 Å². The number of aryl methyl sites for hydroxylation is 1. The van der Waals surface area contributed by atoms with E-state index in [0.29, 0.717) is 21.9 Å². The molecule has 0 aliphatic carbocycles. The Labute approximate surface area is 214 Å². The van der Waals surface area contributed by atoms with E-state index in [2.05, 4.69) is 15.3 Å². The lowest BCUT2D eigenvalue weighted by Crippen LogP contribution is -2.40. The van der Waals surface area contributed by atoms with Crippen LogP contribution in [0.4, 0.5) is 5.69 Å². The van der Waals surface area contributed by atoms with E-state index in [4.69, 9.17) is 16.3 Å². The average molecular weight is 530 g/mol. The highest BCUT2D eigenvalue weighted by Gasteiger charge is 2.28. The van der Waals surface area contributed by atoms with Crippen molar-refractivity contribution in [3.05, 3.63) is 88.9 Å². The largest absolute Gasteiger partial charge is 0.482 e. The molecule has 1 N–H and O–H groups in total. The molecule has 9 nitrogen and oxygen atoms in total. The standard InChI is InChI=1S/C25H24ClN3O6S/c1-18-11-12-20(26)14-23(18)29(36(32,33)22-9-4-3-5-10-22)16-24(30)28-27-15-19-7-6-8-21(13-19)35-17-25(31)34-2/h3-15H,16-17H2,1-2H3,(H,28,30)/b27-15-. The lowest BCUT2D eigenvalue weighted by Gasteiger charge is -2.25. The lowest BCUT2D eigenvalue weighted by molar-refractivity contribution is -0.142. The van der Waals surface area contributed by atoms with Gasteiger partial charge in [0, 0.05) is 5.02 Å². The number of methoxy groups -OCH3 is 1. The number of hydrogen-bond donors (Lipinski definition) is 1. The van der Waals surface area contributed by atoms with Gasteiger partial charge in [-0.3, -0.25) is 9.10 Å². The minimum absolute atomic E-state index is 0.0319. The number of rotatable bonds is 10. The molecule has 0 heterocycles. The number of carbonyl (C=O) groups excluding carboxylic acids is 2. The fourth-order valence-corrected chi connectivity index (χ4v) is 4.77. The first kappa shape index (κ1) is 26.7. The highest BCUT2D eigenvalue weighted by Crippen LogP contribution is 2.29. The van der Waals surface area contributed by atoms with Gasteiger partial charge in [0.15, 0.2) is 6.61 Å². The maximum Gasteiger partial charge on any atom is 0.343 e. The zero-order valence-electron chi connectivity index (χ0n) is 19.5. The summed E-state index contributed by atoms with van der Waals surface area (Å²) in [4.78, 5) is 24.0. The van der Waals surface area contributed by atoms with Crippen LogP contribution < -0.4 is 14.5 Å². The summed E-state index contributed by atoms with van der Waals surface area (Å²) in [5, 5.41) is 4.25. The zero-order valence-corrected chi connectivity index (χ0v) is 21.1. The summed E-state index contributed by atoms with van der Waals surface area (Å²) in [5.74, 6) is -0.776. The SMILES string of the molecule is COC(=O)COc1cccc(/C=N\NC(=O)CN(c2cc(Cl)ccc2C)S(=O)(=O)c2ccccc2)c1. The molecule has 11 heteroatoms. The molecular weight excluding hydrogens is 506 g/mol. The Balaban J connectivity index is 1.77. The monoisotopic (exact) mass is 529 g/mol. The maximum absolute atomic E-state index is 13.4. The third-order valence-corrected chi connectivity index (χ3v) is 6.91. The first-order valence-electron chi connectivity index (χ1n) is 10.7. The normalized spacial score (nSPS) is 11.2. The topological polar surface area (TPSA) is 114 Å². The van der Waals surface area contributed by atoms with E-state index in [1.165, 1.54) is 31.5 Å². The Morgan fingerprint density at radius 3 is 2.53 bits per heavy atom. The highest BCUT2D eigenvalue weighted by molar-refractivity contribution is 7.92. The van der Waals surface area contributed by atoms with Crippen molar-refractivity contribution >= 4 is 45.4 Å². The van der Waals surface area contributed by atoms with Gasteiger partial charge in [0.25, 0.3) is 15.9 Å². The number of halogens is 1. The van der Waals surface area contributed by atoms with Crippen molar-refractivity contribution in [2.45, 2.75) is 11.8 Å². The number of benzene rings is 3. The highest BCUT2D eigenvalue weighted by atomic mass is 35.5. The van der Waals surface area contributed by atoms with Gasteiger partial charge in [-0.05, 0) is 54.4 Å². The first-order valence-corrected chi connectivity index (χ1v) is 12.5. The van der Waals surface area contributed by atoms with Crippen LogP contribution >= 0.6 is 11.6 Å². The summed E-state index contributed by atoms with van der Waals surface area (Å²) in [7, 11) is -2.82. The molecule has 0 bridgehead atoms. The third kappa shape index (κ3) is 7.06. The van der Waals surface area contributed by atoms with Crippen LogP contribution in [-0.2, 0) is 24.3 Å². The molecular formula is C25H24ClN3O6S. The van der Waals surface area contributed by atoms with Crippen molar-refractivity contribution in [1.29, 1.82) is 0 Å². The van der Waals surface area contributed by atoms with E-state index in [-0.39, 0.29) is 17.2 Å². The van der Waals surface area contributed by atoms with Crippen LogP contribution in [0.15, 0.2) is 82.8 Å². The Morgan fingerprint density at radius 1 is 1.06 bits per heavy atom. The molecule has 1 amide bonds. The van der Waals surface area contributed by atoms with Crippen molar-refractivity contribution in [2.75, 3.05) is 24.6 Å². The van der Waals surface area contributed by atoms with Crippen molar-refractivity contribution in [3.63, 3.8) is 0 Å². The molecule has 0 saturated heterocycles. The van der Waals surface area contributed by atoms with Crippen molar-refractivity contribution in [1.82, 2.24) is 5.43 Å². The molecule has 0 aromatic heterocycles. The summed E-state index contributed by atoms with van der Waals surface area (Å²) in [5.41, 5.74) is 3.83. The average Bonchev–Trinajstić information content (AvgIpc) is 2.88. The maximum atomic E-state index is 13.4. The number of hydrogen-bond acceptors (Lipinski definition) is 7. The number of nitrogens with one attached hydrogen (secondary N) is 1. The van der Waals surface area contributed by atoms with Gasteiger partial charge in [-0.1, -0.05) is 48.0 Å². The van der Waals surface area contributed by atoms with Crippen LogP contribution in [0.5, 0.6) is 5.75 Å². The van der Waals surface area contributed by atoms with Crippen molar-refractivity contribution in [2.24, 2.45) is 5.10 Å². The van der Waals surface area contributed by atoms with Gasteiger partial charge in [0.05, 0.1) is 23.9 Å². The Bertz CT molecular complexity index is 1360. The summed E-state index contributed by atoms with van der Waals surface area (Å²) in [6.45, 7) is 0.949. The molecule has 0 aliphatic heterocycles. The number of sulfonamides is 1. The summed E-state index contributed by atoms with van der Waals surface area (Å²) < 4.78 is 37.7. The number of amides is 1. The van der Waals surface area contributed by atoms with Crippen LogP contribution in [0.3, 0.4) is 0 Å². The Hall–Kier alpha value is -3.89. The number of ether oxygens (including phenoxy) is 2. The second kappa shape index (κ2) is 12.2. The lowest BCUT2D eigenvalue weighted by atomic mass is 10.2. The molecule has 36 heavy (non-hydrogen) atoms. The van der Waals surface area contributed by atoms with Gasteiger partial charge in [-0.15, -0.1) is 0 Å². The fraction of sp³-hybridized carbons (Fsp3) is 0.160. The molecule has 3 aromatic carbocycles. The number of anilines is 1. The predicted molar refractivity (Wildman–Crippen MR) is 137 cm³/mol. The zero-order chi connectivity index (χ0) is 26.1. The molecule has 0 saturated carbocycles. The molecule has 188 valence electrons. The summed E-state index contributed by atoms with van der Waals surface area (Å²) in [6, 6.07) is 19.3. The molecule has 0 unspecified atom stereocenters. The van der Waals surface area contributed by atoms with E-state index in [1.807, 2.05) is 0 Å². The number of carbonyl (C=O) groups is 2. The second-order valence-electron chi connectivity index (χ2n) is 7.49. The second-order valence-corrected chi connectivity index (χ2v) is 9.78. The number of nitrogens with zero attached hydrogens (tertiary/aromatic N) is 2. The van der Waals surface area contributed by atoms with Crippen LogP contribution in [0, 0.1) is 6.92 Å². The van der Waals surface area contributed by atoms with Crippen LogP contribution in [0.1, 0.15) is 11.1 Å². The first-order chi connectivity index (χ1) is 17.2. The van der Waals surface area contributed by atoms with E-state index in [0.717, 1.165) is 4.31 Å². The minimum Gasteiger partial charge on any atom is -0.482 e. The molecule has 0 atom stereocenters. The fourth-order valence-electron chi connectivity index (χ4n) is 3.10. The van der Waals surface area contributed by atoms with Gasteiger partial charge in [0.2, 0.25) is 0 Å². The molecule has 3 aromatic rings. The summed E-state index contributed by atoms with van der Waals surface area (Å²) >= 11 is 6.12.